The van der Waals surface area contributed by atoms with Crippen LogP contribution >= 0.6 is 0 Å². The average Bonchev–Trinajstić information content (AvgIpc) is 3.02. The van der Waals surface area contributed by atoms with E-state index in [9.17, 15) is 4.79 Å². The van der Waals surface area contributed by atoms with E-state index in [1.807, 2.05) is 24.6 Å². The van der Waals surface area contributed by atoms with E-state index in [1.54, 1.807) is 6.20 Å². The van der Waals surface area contributed by atoms with Crippen LogP contribution in [0.3, 0.4) is 0 Å². The topological polar surface area (TPSA) is 72.9 Å². The Labute approximate surface area is 108 Å². The van der Waals surface area contributed by atoms with Crippen LogP contribution in [0.2, 0.25) is 0 Å². The second kappa shape index (κ2) is 5.10. The predicted octanol–water partition coefficient (Wildman–Crippen LogP) is 0.968. The third-order valence-electron chi connectivity index (χ3n) is 3.62. The van der Waals surface area contributed by atoms with Crippen LogP contribution in [0.25, 0.3) is 0 Å². The van der Waals surface area contributed by atoms with Crippen LogP contribution in [0.4, 0.5) is 0 Å². The van der Waals surface area contributed by atoms with Crippen molar-refractivity contribution < 1.29 is 4.79 Å². The first-order valence-electron chi connectivity index (χ1n) is 6.57. The Balaban J connectivity index is 1.85. The summed E-state index contributed by atoms with van der Waals surface area (Å²) in [6.45, 7) is 4.76. The molecule has 3 N–H and O–H groups in total. The smallest absolute Gasteiger partial charge is 0.237 e. The molecule has 5 heteroatoms. The molecule has 1 atom stereocenters. The van der Waals surface area contributed by atoms with Crippen molar-refractivity contribution in [3.05, 3.63) is 18.0 Å². The van der Waals surface area contributed by atoms with Gasteiger partial charge in [-0.3, -0.25) is 9.48 Å². The van der Waals surface area contributed by atoms with Crippen molar-refractivity contribution in [1.82, 2.24) is 15.1 Å². The number of rotatable bonds is 7. The zero-order valence-electron chi connectivity index (χ0n) is 11.1. The fraction of sp³-hybridized carbons (Fsp3) is 0.692. The molecule has 100 valence electrons. The molecule has 1 unspecified atom stereocenters. The maximum Gasteiger partial charge on any atom is 0.237 e. The van der Waals surface area contributed by atoms with Crippen molar-refractivity contribution in [3.63, 3.8) is 0 Å². The monoisotopic (exact) mass is 250 g/mol. The molecule has 1 amide bonds. The molecule has 5 nitrogen and oxygen atoms in total. The number of amides is 1. The largest absolute Gasteiger partial charge is 0.368 e. The summed E-state index contributed by atoms with van der Waals surface area (Å²) in [4.78, 5) is 11.6. The number of primary amides is 1. The van der Waals surface area contributed by atoms with Gasteiger partial charge in [0, 0.05) is 24.5 Å². The maximum atomic E-state index is 11.6. The second-order valence-corrected chi connectivity index (χ2v) is 5.41. The highest BCUT2D eigenvalue weighted by molar-refractivity contribution is 5.84. The Bertz CT molecular complexity index is 424. The van der Waals surface area contributed by atoms with Crippen LogP contribution in [0.1, 0.15) is 38.3 Å². The molecule has 0 aromatic carbocycles. The van der Waals surface area contributed by atoms with Crippen molar-refractivity contribution in [2.24, 2.45) is 5.73 Å². The van der Waals surface area contributed by atoms with Gasteiger partial charge < -0.3 is 11.1 Å². The zero-order chi connectivity index (χ0) is 13.2. The number of carbonyl (C=O) groups is 1. The molecule has 0 aliphatic heterocycles. The molecule has 1 aliphatic carbocycles. The molecule has 0 radical (unpaired) electrons. The number of nitrogens with one attached hydrogen (secondary N) is 1. The number of hydrogen-bond donors (Lipinski definition) is 2. The van der Waals surface area contributed by atoms with E-state index < -0.39 is 5.54 Å². The van der Waals surface area contributed by atoms with Crippen molar-refractivity contribution in [3.8, 4) is 0 Å². The number of carbonyl (C=O) groups excluding carboxylic acids is 1. The molecule has 1 aliphatic rings. The van der Waals surface area contributed by atoms with Crippen molar-refractivity contribution in [2.75, 3.05) is 0 Å². The predicted molar refractivity (Wildman–Crippen MR) is 70.0 cm³/mol. The summed E-state index contributed by atoms with van der Waals surface area (Å²) in [7, 11) is 0. The molecule has 2 rings (SSSR count). The minimum Gasteiger partial charge on any atom is -0.368 e. The van der Waals surface area contributed by atoms with E-state index in [0.29, 0.717) is 6.04 Å². The molecule has 0 saturated heterocycles. The van der Waals surface area contributed by atoms with Crippen molar-refractivity contribution in [2.45, 2.75) is 57.7 Å². The van der Waals surface area contributed by atoms with Crippen LogP contribution in [-0.2, 0) is 11.3 Å². The number of aryl methyl sites for hydroxylation is 2. The van der Waals surface area contributed by atoms with E-state index >= 15 is 0 Å². The number of nitrogens with zero attached hydrogens (tertiary/aromatic N) is 2. The van der Waals surface area contributed by atoms with Gasteiger partial charge in [-0.1, -0.05) is 0 Å². The molecule has 0 bridgehead atoms. The molecular formula is C13H22N4O. The standard InChI is InChI=1S/C13H22N4O/c1-10-6-8-15-17(10)9-3-7-13(2,12(14)18)16-11-4-5-11/h6,8,11,16H,3-5,7,9H2,1-2H3,(H2,14,18). The van der Waals surface area contributed by atoms with Crippen molar-refractivity contribution >= 4 is 5.91 Å². The highest BCUT2D eigenvalue weighted by Gasteiger charge is 2.36. The van der Waals surface area contributed by atoms with Crippen LogP contribution < -0.4 is 11.1 Å². The number of nitrogens with two attached hydrogens (primary N) is 1. The first kappa shape index (κ1) is 13.1. The molecular weight excluding hydrogens is 228 g/mol. The third kappa shape index (κ3) is 3.10. The van der Waals surface area contributed by atoms with Gasteiger partial charge in [-0.2, -0.15) is 5.10 Å². The van der Waals surface area contributed by atoms with E-state index in [-0.39, 0.29) is 5.91 Å². The summed E-state index contributed by atoms with van der Waals surface area (Å²) in [5.41, 5.74) is 6.08. The minimum atomic E-state index is -0.581. The van der Waals surface area contributed by atoms with Crippen LogP contribution in [0, 0.1) is 6.92 Å². The zero-order valence-corrected chi connectivity index (χ0v) is 11.1. The maximum absolute atomic E-state index is 11.6. The third-order valence-corrected chi connectivity index (χ3v) is 3.62. The highest BCUT2D eigenvalue weighted by Crippen LogP contribution is 2.24. The molecule has 1 aromatic heterocycles. The molecule has 18 heavy (non-hydrogen) atoms. The van der Waals surface area contributed by atoms with E-state index in [0.717, 1.165) is 37.9 Å². The fourth-order valence-electron chi connectivity index (χ4n) is 2.16. The summed E-state index contributed by atoms with van der Waals surface area (Å²) in [5.74, 6) is -0.258. The van der Waals surface area contributed by atoms with Gasteiger partial charge in [0.1, 0.15) is 0 Å². The summed E-state index contributed by atoms with van der Waals surface area (Å²) >= 11 is 0. The van der Waals surface area contributed by atoms with Gasteiger partial charge in [0.15, 0.2) is 0 Å². The lowest BCUT2D eigenvalue weighted by Crippen LogP contribution is -2.54. The van der Waals surface area contributed by atoms with Crippen LogP contribution in [0.15, 0.2) is 12.3 Å². The summed E-state index contributed by atoms with van der Waals surface area (Å²) < 4.78 is 1.96. The quantitative estimate of drug-likeness (QED) is 0.757. The summed E-state index contributed by atoms with van der Waals surface area (Å²) in [6.07, 6.45) is 5.74. The van der Waals surface area contributed by atoms with E-state index in [1.165, 1.54) is 0 Å². The van der Waals surface area contributed by atoms with Crippen LogP contribution in [0.5, 0.6) is 0 Å². The normalized spacial score (nSPS) is 18.6. The van der Waals surface area contributed by atoms with Gasteiger partial charge in [0.2, 0.25) is 5.91 Å². The van der Waals surface area contributed by atoms with Gasteiger partial charge in [-0.05, 0) is 45.6 Å². The minimum absolute atomic E-state index is 0.258. The molecule has 0 spiro atoms. The van der Waals surface area contributed by atoms with Crippen molar-refractivity contribution in [1.29, 1.82) is 0 Å². The lowest BCUT2D eigenvalue weighted by Gasteiger charge is -2.27. The summed E-state index contributed by atoms with van der Waals surface area (Å²) in [5, 5.41) is 7.59. The van der Waals surface area contributed by atoms with E-state index in [4.69, 9.17) is 5.73 Å². The second-order valence-electron chi connectivity index (χ2n) is 5.41. The fourth-order valence-corrected chi connectivity index (χ4v) is 2.16. The lowest BCUT2D eigenvalue weighted by atomic mass is 9.94. The first-order valence-corrected chi connectivity index (χ1v) is 6.57. The lowest BCUT2D eigenvalue weighted by molar-refractivity contribution is -0.124. The molecule has 1 heterocycles. The molecule has 1 aromatic rings. The SMILES string of the molecule is Cc1ccnn1CCCC(C)(NC1CC1)C(N)=O. The first-order chi connectivity index (χ1) is 8.51. The summed E-state index contributed by atoms with van der Waals surface area (Å²) in [6, 6.07) is 2.46. The van der Waals surface area contributed by atoms with Gasteiger partial charge in [-0.15, -0.1) is 0 Å². The Hall–Kier alpha value is -1.36. The molecule has 1 fully saturated rings. The van der Waals surface area contributed by atoms with Gasteiger partial charge >= 0.3 is 0 Å². The van der Waals surface area contributed by atoms with Crippen LogP contribution in [-0.4, -0.2) is 27.3 Å². The Morgan fingerprint density at radius 1 is 1.67 bits per heavy atom. The Morgan fingerprint density at radius 2 is 2.39 bits per heavy atom. The Kier molecular flexibility index (Phi) is 3.71. The number of hydrogen-bond acceptors (Lipinski definition) is 3. The van der Waals surface area contributed by atoms with Gasteiger partial charge in [-0.25, -0.2) is 0 Å². The highest BCUT2D eigenvalue weighted by atomic mass is 16.1. The Morgan fingerprint density at radius 3 is 2.89 bits per heavy atom. The van der Waals surface area contributed by atoms with Gasteiger partial charge in [0.05, 0.1) is 5.54 Å². The number of aromatic nitrogens is 2. The molecule has 1 saturated carbocycles. The average molecular weight is 250 g/mol. The van der Waals surface area contributed by atoms with Gasteiger partial charge in [0.25, 0.3) is 0 Å². The van der Waals surface area contributed by atoms with E-state index in [2.05, 4.69) is 10.4 Å².